The van der Waals surface area contributed by atoms with Gasteiger partial charge in [-0.2, -0.15) is 0 Å². The molecule has 168 valence electrons. The Morgan fingerprint density at radius 2 is 1.55 bits per heavy atom. The Balaban J connectivity index is 1.58. The molecule has 6 nitrogen and oxygen atoms in total. The third-order valence-electron chi connectivity index (χ3n) is 6.47. The van der Waals surface area contributed by atoms with Gasteiger partial charge in [0, 0.05) is 19.8 Å². The summed E-state index contributed by atoms with van der Waals surface area (Å²) in [5, 5.41) is 1.73. The predicted octanol–water partition coefficient (Wildman–Crippen LogP) is 4.42. The highest BCUT2D eigenvalue weighted by Gasteiger charge is 2.60. The number of hydrogen-bond donors (Lipinski definition) is 0. The van der Waals surface area contributed by atoms with E-state index in [2.05, 4.69) is 0 Å². The van der Waals surface area contributed by atoms with Crippen LogP contribution >= 0.6 is 0 Å². The maximum Gasteiger partial charge on any atom is 0.266 e. The van der Waals surface area contributed by atoms with E-state index in [9.17, 15) is 9.59 Å². The molecule has 0 aromatic heterocycles. The molecule has 0 radical (unpaired) electrons. The number of carbonyl (C=O) groups excluding carboxylic acids is 2. The van der Waals surface area contributed by atoms with Gasteiger partial charge in [0.05, 0.1) is 17.4 Å². The molecule has 3 aromatic carbocycles. The van der Waals surface area contributed by atoms with E-state index in [-0.39, 0.29) is 11.8 Å². The first-order chi connectivity index (χ1) is 15.9. The molecule has 2 heterocycles. The van der Waals surface area contributed by atoms with Crippen molar-refractivity contribution in [3.8, 4) is 0 Å². The van der Waals surface area contributed by atoms with Crippen molar-refractivity contribution >= 4 is 28.9 Å². The topological polar surface area (TPSA) is 53.1 Å². The highest BCUT2D eigenvalue weighted by Crippen LogP contribution is 2.48. The molecule has 5 rings (SSSR count). The minimum Gasteiger partial charge on any atom is -0.378 e. The summed E-state index contributed by atoms with van der Waals surface area (Å²) in [6.07, 6.45) is -0.864. The van der Waals surface area contributed by atoms with Crippen molar-refractivity contribution in [1.82, 2.24) is 0 Å². The number of fused-ring (bicyclic) bond motifs is 1. The third kappa shape index (κ3) is 3.47. The molecule has 0 spiro atoms. The summed E-state index contributed by atoms with van der Waals surface area (Å²) in [4.78, 5) is 36.8. The van der Waals surface area contributed by atoms with E-state index in [1.165, 1.54) is 4.90 Å². The van der Waals surface area contributed by atoms with Crippen molar-refractivity contribution in [3.63, 3.8) is 0 Å². The Morgan fingerprint density at radius 3 is 2.18 bits per heavy atom. The molecule has 0 bridgehead atoms. The molecular weight excluding hydrogens is 414 g/mol. The number of benzene rings is 3. The summed E-state index contributed by atoms with van der Waals surface area (Å²) >= 11 is 0. The van der Waals surface area contributed by atoms with Crippen LogP contribution < -0.4 is 14.9 Å². The van der Waals surface area contributed by atoms with Crippen molar-refractivity contribution in [2.24, 2.45) is 5.92 Å². The predicted molar refractivity (Wildman–Crippen MR) is 129 cm³/mol. The second kappa shape index (κ2) is 8.05. The average molecular weight is 442 g/mol. The second-order valence-electron chi connectivity index (χ2n) is 8.95. The standard InChI is InChI=1S/C27H27N3O3/c1-17-10-15-22(18(2)16-17)29-26(31)23-24(19-11-13-20(14-12-19)28(3)4)30(33-25(23)27(29)32)21-8-6-5-7-9-21/h5-16,23-25H,1-4H3/t23-,24+,25+/m1/s1. The fraction of sp³-hybridized carbons (Fsp3) is 0.259. The molecule has 2 aliphatic rings. The molecule has 0 saturated carbocycles. The summed E-state index contributed by atoms with van der Waals surface area (Å²) in [5.41, 5.74) is 5.41. The summed E-state index contributed by atoms with van der Waals surface area (Å²) in [5.74, 6) is -1.18. The normalized spacial score (nSPS) is 22.1. The van der Waals surface area contributed by atoms with Crippen LogP contribution in [0.4, 0.5) is 17.1 Å². The van der Waals surface area contributed by atoms with Crippen LogP contribution in [0.2, 0.25) is 0 Å². The fourth-order valence-corrected chi connectivity index (χ4v) is 4.82. The van der Waals surface area contributed by atoms with Crippen molar-refractivity contribution in [3.05, 3.63) is 89.5 Å². The average Bonchev–Trinajstić information content (AvgIpc) is 3.31. The molecule has 2 saturated heterocycles. The zero-order valence-electron chi connectivity index (χ0n) is 19.2. The van der Waals surface area contributed by atoms with Gasteiger partial charge < -0.3 is 4.90 Å². The van der Waals surface area contributed by atoms with Crippen molar-refractivity contribution in [2.75, 3.05) is 29.0 Å². The molecule has 0 unspecified atom stereocenters. The Labute approximate surface area is 193 Å². The molecule has 2 aliphatic heterocycles. The van der Waals surface area contributed by atoms with Gasteiger partial charge in [-0.15, -0.1) is 0 Å². The van der Waals surface area contributed by atoms with Gasteiger partial charge in [0.1, 0.15) is 5.92 Å². The minimum absolute atomic E-state index is 0.225. The monoisotopic (exact) mass is 441 g/mol. The number of hydroxylamine groups is 1. The van der Waals surface area contributed by atoms with Gasteiger partial charge in [-0.3, -0.25) is 14.4 Å². The lowest BCUT2D eigenvalue weighted by molar-refractivity contribution is -0.126. The zero-order chi connectivity index (χ0) is 23.3. The number of amides is 2. The van der Waals surface area contributed by atoms with Crippen LogP contribution in [0.3, 0.4) is 0 Å². The van der Waals surface area contributed by atoms with Gasteiger partial charge in [0.15, 0.2) is 6.10 Å². The van der Waals surface area contributed by atoms with Gasteiger partial charge in [0.25, 0.3) is 5.91 Å². The first-order valence-corrected chi connectivity index (χ1v) is 11.1. The second-order valence-corrected chi connectivity index (χ2v) is 8.95. The highest BCUT2D eigenvalue weighted by atomic mass is 16.7. The van der Waals surface area contributed by atoms with Crippen LogP contribution in [-0.4, -0.2) is 32.0 Å². The Bertz CT molecular complexity index is 1210. The molecule has 3 aromatic rings. The van der Waals surface area contributed by atoms with Crippen LogP contribution in [0.1, 0.15) is 22.7 Å². The Morgan fingerprint density at radius 1 is 0.848 bits per heavy atom. The number of hydrogen-bond acceptors (Lipinski definition) is 5. The number of para-hydroxylation sites is 1. The highest BCUT2D eigenvalue weighted by molar-refractivity contribution is 6.24. The van der Waals surface area contributed by atoms with E-state index in [0.29, 0.717) is 5.69 Å². The van der Waals surface area contributed by atoms with Crippen LogP contribution in [0.5, 0.6) is 0 Å². The minimum atomic E-state index is -0.864. The molecule has 3 atom stereocenters. The molecule has 2 amide bonds. The zero-order valence-corrected chi connectivity index (χ0v) is 19.2. The van der Waals surface area contributed by atoms with E-state index >= 15 is 0 Å². The first kappa shape index (κ1) is 21.2. The Kier molecular flexibility index (Phi) is 5.17. The van der Waals surface area contributed by atoms with Crippen molar-refractivity contribution in [2.45, 2.75) is 26.0 Å². The lowest BCUT2D eigenvalue weighted by atomic mass is 9.90. The molecule has 33 heavy (non-hydrogen) atoms. The van der Waals surface area contributed by atoms with Crippen molar-refractivity contribution in [1.29, 1.82) is 0 Å². The van der Waals surface area contributed by atoms with E-state index in [1.54, 1.807) is 5.06 Å². The van der Waals surface area contributed by atoms with Crippen LogP contribution in [-0.2, 0) is 14.4 Å². The molecule has 0 N–H and O–H groups in total. The number of carbonyl (C=O) groups is 2. The summed E-state index contributed by atoms with van der Waals surface area (Å²) in [6.45, 7) is 3.92. The van der Waals surface area contributed by atoms with Crippen LogP contribution in [0, 0.1) is 19.8 Å². The van der Waals surface area contributed by atoms with E-state index in [0.717, 1.165) is 28.1 Å². The number of rotatable bonds is 4. The SMILES string of the molecule is Cc1ccc(N2C(=O)[C@H]3[C@H](ON(c4ccccc4)[C@H]3c3ccc(N(C)C)cc3)C2=O)c(C)c1. The quantitative estimate of drug-likeness (QED) is 0.561. The Hall–Kier alpha value is -3.64. The van der Waals surface area contributed by atoms with Gasteiger partial charge in [-0.1, -0.05) is 48.0 Å². The van der Waals surface area contributed by atoms with Crippen LogP contribution in [0.25, 0.3) is 0 Å². The maximum absolute atomic E-state index is 13.8. The van der Waals surface area contributed by atoms with Gasteiger partial charge in [0.2, 0.25) is 5.91 Å². The van der Waals surface area contributed by atoms with Crippen molar-refractivity contribution < 1.29 is 14.4 Å². The van der Waals surface area contributed by atoms with Gasteiger partial charge >= 0.3 is 0 Å². The van der Waals surface area contributed by atoms with Gasteiger partial charge in [-0.25, -0.2) is 9.96 Å². The van der Waals surface area contributed by atoms with Gasteiger partial charge in [-0.05, 0) is 55.3 Å². The fourth-order valence-electron chi connectivity index (χ4n) is 4.82. The molecular formula is C27H27N3O3. The summed E-state index contributed by atoms with van der Waals surface area (Å²) < 4.78 is 0. The summed E-state index contributed by atoms with van der Waals surface area (Å²) in [6, 6.07) is 23.0. The largest absolute Gasteiger partial charge is 0.378 e. The number of nitrogens with zero attached hydrogens (tertiary/aromatic N) is 3. The van der Waals surface area contributed by atoms with E-state index in [4.69, 9.17) is 4.84 Å². The lowest BCUT2D eigenvalue weighted by Gasteiger charge is -2.29. The lowest BCUT2D eigenvalue weighted by Crippen LogP contribution is -2.37. The number of anilines is 3. The number of aryl methyl sites for hydroxylation is 2. The first-order valence-electron chi connectivity index (χ1n) is 11.1. The van der Waals surface area contributed by atoms with Crippen LogP contribution in [0.15, 0.2) is 72.8 Å². The number of imide groups is 1. The molecule has 0 aliphatic carbocycles. The molecule has 2 fully saturated rings. The van der Waals surface area contributed by atoms with E-state index < -0.39 is 18.1 Å². The third-order valence-corrected chi connectivity index (χ3v) is 6.47. The smallest absolute Gasteiger partial charge is 0.266 e. The van der Waals surface area contributed by atoms with E-state index in [1.807, 2.05) is 106 Å². The summed E-state index contributed by atoms with van der Waals surface area (Å²) in [7, 11) is 3.97. The maximum atomic E-state index is 13.8. The molecule has 6 heteroatoms.